The highest BCUT2D eigenvalue weighted by atomic mass is 79.9. The monoisotopic (exact) mass is 374 g/mol. The van der Waals surface area contributed by atoms with Gasteiger partial charge in [0.2, 0.25) is 5.95 Å². The van der Waals surface area contributed by atoms with E-state index >= 15 is 0 Å². The summed E-state index contributed by atoms with van der Waals surface area (Å²) in [5.74, 6) is 0.515. The molecule has 0 aliphatic carbocycles. The summed E-state index contributed by atoms with van der Waals surface area (Å²) in [4.78, 5) is 22.8. The van der Waals surface area contributed by atoms with Crippen molar-refractivity contribution in [3.63, 3.8) is 0 Å². The highest BCUT2D eigenvalue weighted by Gasteiger charge is 2.18. The van der Waals surface area contributed by atoms with Crippen LogP contribution < -0.4 is 5.32 Å². The topological polar surface area (TPSA) is 58.1 Å². The molecule has 0 bridgehead atoms. The molecular formula is C17H19BrN4O. The summed E-state index contributed by atoms with van der Waals surface area (Å²) >= 11 is 3.44. The van der Waals surface area contributed by atoms with Crippen LogP contribution in [-0.4, -0.2) is 33.9 Å². The van der Waals surface area contributed by atoms with Crippen LogP contribution in [-0.2, 0) is 0 Å². The average molecular weight is 375 g/mol. The molecule has 1 amide bonds. The molecule has 0 unspecified atom stereocenters. The Balaban J connectivity index is 1.70. The third-order valence-corrected chi connectivity index (χ3v) is 4.47. The molecule has 1 N–H and O–H groups in total. The van der Waals surface area contributed by atoms with Gasteiger partial charge in [-0.3, -0.25) is 4.79 Å². The second kappa shape index (κ2) is 7.08. The molecule has 1 aromatic carbocycles. The standard InChI is InChI=1S/C17H19BrN4O/c1-12-9-14(18)5-6-15(12)21-17-19-10-13(11-20-17)16(23)22-7-3-2-4-8-22/h5-6,9-11H,2-4,7-8H2,1H3,(H,19,20,21). The molecule has 0 atom stereocenters. The Hall–Kier alpha value is -1.95. The van der Waals surface area contributed by atoms with Gasteiger partial charge < -0.3 is 10.2 Å². The van der Waals surface area contributed by atoms with Gasteiger partial charge in [-0.2, -0.15) is 0 Å². The van der Waals surface area contributed by atoms with Crippen LogP contribution in [0.25, 0.3) is 0 Å². The van der Waals surface area contributed by atoms with E-state index in [2.05, 4.69) is 31.2 Å². The first-order valence-corrected chi connectivity index (χ1v) is 8.57. The molecule has 0 spiro atoms. The summed E-state index contributed by atoms with van der Waals surface area (Å²) in [5, 5.41) is 3.18. The molecule has 6 heteroatoms. The van der Waals surface area contributed by atoms with E-state index in [-0.39, 0.29) is 5.91 Å². The van der Waals surface area contributed by atoms with E-state index in [0.29, 0.717) is 11.5 Å². The van der Waals surface area contributed by atoms with E-state index in [4.69, 9.17) is 0 Å². The second-order valence-electron chi connectivity index (χ2n) is 5.73. The van der Waals surface area contributed by atoms with Gasteiger partial charge in [0.15, 0.2) is 0 Å². The van der Waals surface area contributed by atoms with Crippen molar-refractivity contribution in [2.75, 3.05) is 18.4 Å². The lowest BCUT2D eigenvalue weighted by atomic mass is 10.1. The Morgan fingerprint density at radius 1 is 1.17 bits per heavy atom. The van der Waals surface area contributed by atoms with E-state index in [0.717, 1.165) is 41.7 Å². The SMILES string of the molecule is Cc1cc(Br)ccc1Nc1ncc(C(=O)N2CCCCC2)cn1. The third kappa shape index (κ3) is 3.88. The van der Waals surface area contributed by atoms with Gasteiger partial charge in [-0.1, -0.05) is 15.9 Å². The van der Waals surface area contributed by atoms with Crippen LogP contribution >= 0.6 is 15.9 Å². The van der Waals surface area contributed by atoms with Gasteiger partial charge in [0.25, 0.3) is 5.91 Å². The number of carbonyl (C=O) groups excluding carboxylic acids is 1. The molecule has 1 aliphatic rings. The van der Waals surface area contributed by atoms with E-state index in [1.54, 1.807) is 12.4 Å². The first kappa shape index (κ1) is 15.9. The summed E-state index contributed by atoms with van der Waals surface area (Å²) in [6, 6.07) is 5.95. The number of hydrogen-bond acceptors (Lipinski definition) is 4. The molecule has 0 saturated carbocycles. The van der Waals surface area contributed by atoms with Gasteiger partial charge in [-0.15, -0.1) is 0 Å². The fourth-order valence-corrected chi connectivity index (χ4v) is 3.15. The largest absolute Gasteiger partial charge is 0.339 e. The number of likely N-dealkylation sites (tertiary alicyclic amines) is 1. The number of rotatable bonds is 3. The molecule has 5 nitrogen and oxygen atoms in total. The first-order valence-electron chi connectivity index (χ1n) is 7.78. The molecule has 1 aromatic heterocycles. The molecule has 2 heterocycles. The van der Waals surface area contributed by atoms with Crippen LogP contribution in [0.4, 0.5) is 11.6 Å². The van der Waals surface area contributed by atoms with Gasteiger partial charge >= 0.3 is 0 Å². The number of aryl methyl sites for hydroxylation is 1. The molecule has 1 saturated heterocycles. The van der Waals surface area contributed by atoms with Gasteiger partial charge in [0.05, 0.1) is 5.56 Å². The Labute approximate surface area is 144 Å². The summed E-state index contributed by atoms with van der Waals surface area (Å²) in [5.41, 5.74) is 2.59. The van der Waals surface area contributed by atoms with Crippen LogP contribution in [0.5, 0.6) is 0 Å². The lowest BCUT2D eigenvalue weighted by Crippen LogP contribution is -2.35. The number of aromatic nitrogens is 2. The lowest BCUT2D eigenvalue weighted by Gasteiger charge is -2.26. The lowest BCUT2D eigenvalue weighted by molar-refractivity contribution is 0.0723. The van der Waals surface area contributed by atoms with Crippen molar-refractivity contribution in [1.82, 2.24) is 14.9 Å². The number of nitrogens with one attached hydrogen (secondary N) is 1. The Bertz CT molecular complexity index is 696. The highest BCUT2D eigenvalue weighted by Crippen LogP contribution is 2.22. The zero-order valence-electron chi connectivity index (χ0n) is 13.1. The number of anilines is 2. The number of benzene rings is 1. The van der Waals surface area contributed by atoms with Crippen LogP contribution in [0.2, 0.25) is 0 Å². The Morgan fingerprint density at radius 3 is 2.52 bits per heavy atom. The summed E-state index contributed by atoms with van der Waals surface area (Å²) in [6.45, 7) is 3.68. The molecular weight excluding hydrogens is 356 g/mol. The van der Waals surface area contributed by atoms with Gasteiger partial charge in [0, 0.05) is 35.6 Å². The van der Waals surface area contributed by atoms with E-state index in [1.165, 1.54) is 6.42 Å². The minimum Gasteiger partial charge on any atom is -0.339 e. The molecule has 23 heavy (non-hydrogen) atoms. The third-order valence-electron chi connectivity index (χ3n) is 3.98. The zero-order valence-corrected chi connectivity index (χ0v) is 14.6. The predicted octanol–water partition coefficient (Wildman–Crippen LogP) is 3.92. The smallest absolute Gasteiger partial charge is 0.256 e. The minimum atomic E-state index is 0.0241. The van der Waals surface area contributed by atoms with Crippen molar-refractivity contribution in [3.05, 3.63) is 46.2 Å². The van der Waals surface area contributed by atoms with Crippen molar-refractivity contribution in [3.8, 4) is 0 Å². The second-order valence-corrected chi connectivity index (χ2v) is 6.65. The maximum atomic E-state index is 12.4. The van der Waals surface area contributed by atoms with Gasteiger partial charge in [-0.25, -0.2) is 9.97 Å². The quantitative estimate of drug-likeness (QED) is 0.884. The summed E-state index contributed by atoms with van der Waals surface area (Å²) < 4.78 is 1.03. The normalized spacial score (nSPS) is 14.6. The van der Waals surface area contributed by atoms with Crippen molar-refractivity contribution < 1.29 is 4.79 Å². The number of nitrogens with zero attached hydrogens (tertiary/aromatic N) is 3. The van der Waals surface area contributed by atoms with E-state index in [9.17, 15) is 4.79 Å². The molecule has 120 valence electrons. The van der Waals surface area contributed by atoms with Gasteiger partial charge in [-0.05, 0) is 49.9 Å². The number of halogens is 1. The maximum Gasteiger partial charge on any atom is 0.256 e. The fourth-order valence-electron chi connectivity index (χ4n) is 2.67. The number of amides is 1. The molecule has 2 aromatic rings. The molecule has 1 aliphatic heterocycles. The Morgan fingerprint density at radius 2 is 1.87 bits per heavy atom. The number of carbonyl (C=O) groups is 1. The van der Waals surface area contributed by atoms with Crippen molar-refractivity contribution in [2.45, 2.75) is 26.2 Å². The van der Waals surface area contributed by atoms with E-state index < -0.39 is 0 Å². The zero-order chi connectivity index (χ0) is 16.2. The fraction of sp³-hybridized carbons (Fsp3) is 0.353. The summed E-state index contributed by atoms with van der Waals surface area (Å²) in [6.07, 6.45) is 6.56. The van der Waals surface area contributed by atoms with Crippen molar-refractivity contribution >= 4 is 33.5 Å². The Kier molecular flexibility index (Phi) is 4.91. The minimum absolute atomic E-state index is 0.0241. The average Bonchev–Trinajstić information content (AvgIpc) is 2.58. The van der Waals surface area contributed by atoms with E-state index in [1.807, 2.05) is 30.0 Å². The number of piperidine rings is 1. The summed E-state index contributed by atoms with van der Waals surface area (Å²) in [7, 11) is 0. The molecule has 1 fully saturated rings. The van der Waals surface area contributed by atoms with Crippen LogP contribution in [0.1, 0.15) is 35.2 Å². The van der Waals surface area contributed by atoms with Crippen molar-refractivity contribution in [1.29, 1.82) is 0 Å². The van der Waals surface area contributed by atoms with Crippen LogP contribution in [0.3, 0.4) is 0 Å². The molecule has 3 rings (SSSR count). The predicted molar refractivity (Wildman–Crippen MR) is 93.9 cm³/mol. The van der Waals surface area contributed by atoms with Crippen LogP contribution in [0.15, 0.2) is 35.1 Å². The molecule has 0 radical (unpaired) electrons. The van der Waals surface area contributed by atoms with Crippen molar-refractivity contribution in [2.24, 2.45) is 0 Å². The van der Waals surface area contributed by atoms with Crippen LogP contribution in [0, 0.1) is 6.92 Å². The number of hydrogen-bond donors (Lipinski definition) is 1. The first-order chi connectivity index (χ1) is 11.1. The van der Waals surface area contributed by atoms with Gasteiger partial charge in [0.1, 0.15) is 0 Å². The highest BCUT2D eigenvalue weighted by molar-refractivity contribution is 9.10. The maximum absolute atomic E-state index is 12.4.